The molecule has 0 spiro atoms. The molecule has 0 amide bonds. The maximum absolute atomic E-state index is 6.10. The van der Waals surface area contributed by atoms with Crippen LogP contribution in [-0.4, -0.2) is 23.6 Å². The standard InChI is InChI=1S/C12H22N4/c1-3-4-10-12(15-14-2)16(13)11-8-6-5-7-9-11/h3,11H,1-2,4-10,13H2/b15-12-. The van der Waals surface area contributed by atoms with Crippen molar-refractivity contribution in [3.8, 4) is 0 Å². The van der Waals surface area contributed by atoms with Crippen molar-refractivity contribution in [1.29, 1.82) is 0 Å². The molecule has 4 nitrogen and oxygen atoms in total. The van der Waals surface area contributed by atoms with Crippen LogP contribution in [0.2, 0.25) is 0 Å². The van der Waals surface area contributed by atoms with Gasteiger partial charge in [-0.2, -0.15) is 5.10 Å². The summed E-state index contributed by atoms with van der Waals surface area (Å²) in [7, 11) is 0. The Bertz CT molecular complexity index is 254. The van der Waals surface area contributed by atoms with Gasteiger partial charge in [-0.15, -0.1) is 11.7 Å². The predicted octanol–water partition coefficient (Wildman–Crippen LogP) is 2.48. The molecule has 0 aliphatic heterocycles. The van der Waals surface area contributed by atoms with E-state index < -0.39 is 0 Å². The minimum absolute atomic E-state index is 0.416. The summed E-state index contributed by atoms with van der Waals surface area (Å²) in [5, 5.41) is 9.40. The Labute approximate surface area is 97.9 Å². The van der Waals surface area contributed by atoms with Gasteiger partial charge >= 0.3 is 0 Å². The lowest BCUT2D eigenvalue weighted by atomic mass is 9.95. The van der Waals surface area contributed by atoms with E-state index in [1.54, 1.807) is 5.01 Å². The van der Waals surface area contributed by atoms with Crippen LogP contribution in [0.15, 0.2) is 22.9 Å². The predicted molar refractivity (Wildman–Crippen MR) is 69.3 cm³/mol. The number of nitrogens with zero attached hydrogens (tertiary/aromatic N) is 3. The molecule has 1 saturated carbocycles. The average Bonchev–Trinajstić information content (AvgIpc) is 2.35. The van der Waals surface area contributed by atoms with Crippen LogP contribution in [0, 0.1) is 0 Å². The van der Waals surface area contributed by atoms with Gasteiger partial charge in [0.15, 0.2) is 0 Å². The summed E-state index contributed by atoms with van der Waals surface area (Å²) in [4.78, 5) is 0. The van der Waals surface area contributed by atoms with Gasteiger partial charge in [-0.25, -0.2) is 5.84 Å². The molecule has 0 aromatic heterocycles. The fourth-order valence-corrected chi connectivity index (χ4v) is 2.11. The Balaban J connectivity index is 2.57. The lowest BCUT2D eigenvalue weighted by molar-refractivity contribution is 0.244. The first-order valence-electron chi connectivity index (χ1n) is 5.97. The van der Waals surface area contributed by atoms with E-state index in [-0.39, 0.29) is 0 Å². The molecule has 2 N–H and O–H groups in total. The monoisotopic (exact) mass is 222 g/mol. The molecule has 0 bridgehead atoms. The summed E-state index contributed by atoms with van der Waals surface area (Å²) in [5.41, 5.74) is 0. The molecule has 0 saturated heterocycles. The number of hydrogen-bond acceptors (Lipinski definition) is 3. The van der Waals surface area contributed by atoms with Crippen molar-refractivity contribution in [2.45, 2.75) is 51.0 Å². The van der Waals surface area contributed by atoms with Crippen molar-refractivity contribution in [2.75, 3.05) is 0 Å². The van der Waals surface area contributed by atoms with Crippen LogP contribution in [0.25, 0.3) is 0 Å². The molecule has 16 heavy (non-hydrogen) atoms. The SMILES string of the molecule is C=CCC/C(=N/N=C)N(N)C1CCCCC1. The van der Waals surface area contributed by atoms with E-state index in [9.17, 15) is 0 Å². The average molecular weight is 222 g/mol. The van der Waals surface area contributed by atoms with Gasteiger partial charge in [0.2, 0.25) is 0 Å². The third kappa shape index (κ3) is 3.77. The third-order valence-corrected chi connectivity index (χ3v) is 3.02. The summed E-state index contributed by atoms with van der Waals surface area (Å²) < 4.78 is 0. The Morgan fingerprint density at radius 2 is 2.06 bits per heavy atom. The van der Waals surface area contributed by atoms with Gasteiger partial charge in [0, 0.05) is 19.2 Å². The zero-order chi connectivity index (χ0) is 11.8. The fourth-order valence-electron chi connectivity index (χ4n) is 2.11. The van der Waals surface area contributed by atoms with E-state index >= 15 is 0 Å². The first-order valence-corrected chi connectivity index (χ1v) is 5.97. The second-order valence-electron chi connectivity index (χ2n) is 4.18. The van der Waals surface area contributed by atoms with Crippen molar-refractivity contribution in [3.63, 3.8) is 0 Å². The Morgan fingerprint density at radius 3 is 2.62 bits per heavy atom. The molecule has 0 heterocycles. The van der Waals surface area contributed by atoms with Gasteiger partial charge in [0.05, 0.1) is 0 Å². The molecule has 1 aliphatic carbocycles. The molecule has 1 fully saturated rings. The number of hydrogen-bond donors (Lipinski definition) is 1. The largest absolute Gasteiger partial charge is 0.294 e. The summed E-state index contributed by atoms with van der Waals surface area (Å²) in [6, 6.07) is 0.416. The fraction of sp³-hybridized carbons (Fsp3) is 0.667. The zero-order valence-corrected chi connectivity index (χ0v) is 9.94. The van der Waals surface area contributed by atoms with Gasteiger partial charge < -0.3 is 0 Å². The Morgan fingerprint density at radius 1 is 1.38 bits per heavy atom. The van der Waals surface area contributed by atoms with Gasteiger partial charge in [0.1, 0.15) is 5.84 Å². The van der Waals surface area contributed by atoms with E-state index in [4.69, 9.17) is 5.84 Å². The lowest BCUT2D eigenvalue weighted by Gasteiger charge is -2.32. The number of nitrogens with two attached hydrogens (primary N) is 1. The first-order chi connectivity index (χ1) is 7.79. The van der Waals surface area contributed by atoms with Gasteiger partial charge in [-0.05, 0) is 19.3 Å². The maximum atomic E-state index is 6.10. The van der Waals surface area contributed by atoms with Crippen LogP contribution in [0.4, 0.5) is 0 Å². The van der Waals surface area contributed by atoms with E-state index in [1.165, 1.54) is 19.3 Å². The molecule has 0 aromatic rings. The smallest absolute Gasteiger partial charge is 0.142 e. The van der Waals surface area contributed by atoms with Gasteiger partial charge in [-0.3, -0.25) is 5.01 Å². The van der Waals surface area contributed by atoms with Crippen LogP contribution >= 0.6 is 0 Å². The number of allylic oxidation sites excluding steroid dienone is 1. The zero-order valence-electron chi connectivity index (χ0n) is 9.94. The third-order valence-electron chi connectivity index (χ3n) is 3.02. The molecule has 0 radical (unpaired) electrons. The number of rotatable bonds is 5. The van der Waals surface area contributed by atoms with Crippen LogP contribution < -0.4 is 5.84 Å². The van der Waals surface area contributed by atoms with Crippen LogP contribution in [0.3, 0.4) is 0 Å². The highest BCUT2D eigenvalue weighted by Crippen LogP contribution is 2.21. The number of hydrazine groups is 1. The second-order valence-corrected chi connectivity index (χ2v) is 4.18. The molecular weight excluding hydrogens is 200 g/mol. The van der Waals surface area contributed by atoms with Crippen molar-refractivity contribution < 1.29 is 0 Å². The Kier molecular flexibility index (Phi) is 5.78. The van der Waals surface area contributed by atoms with Crippen molar-refractivity contribution in [2.24, 2.45) is 16.0 Å². The molecule has 0 atom stereocenters. The van der Waals surface area contributed by atoms with Gasteiger partial charge in [0.25, 0.3) is 0 Å². The van der Waals surface area contributed by atoms with Crippen LogP contribution in [-0.2, 0) is 0 Å². The van der Waals surface area contributed by atoms with Crippen molar-refractivity contribution in [1.82, 2.24) is 5.01 Å². The maximum Gasteiger partial charge on any atom is 0.142 e. The van der Waals surface area contributed by atoms with E-state index in [0.29, 0.717) is 6.04 Å². The molecule has 1 aliphatic rings. The van der Waals surface area contributed by atoms with Crippen molar-refractivity contribution in [3.05, 3.63) is 12.7 Å². The lowest BCUT2D eigenvalue weighted by Crippen LogP contribution is -2.46. The van der Waals surface area contributed by atoms with Crippen molar-refractivity contribution >= 4 is 12.6 Å². The second kappa shape index (κ2) is 7.17. The summed E-state index contributed by atoms with van der Waals surface area (Å²) in [6.07, 6.45) is 9.67. The highest BCUT2D eigenvalue weighted by Gasteiger charge is 2.21. The van der Waals surface area contributed by atoms with E-state index in [2.05, 4.69) is 23.5 Å². The molecule has 0 aromatic carbocycles. The Hall–Kier alpha value is -1.16. The minimum atomic E-state index is 0.416. The van der Waals surface area contributed by atoms with Crippen LogP contribution in [0.1, 0.15) is 44.9 Å². The van der Waals surface area contributed by atoms with Crippen LogP contribution in [0.5, 0.6) is 0 Å². The molecule has 90 valence electrons. The minimum Gasteiger partial charge on any atom is -0.294 e. The van der Waals surface area contributed by atoms with E-state index in [1.807, 2.05) is 6.08 Å². The summed E-state index contributed by atoms with van der Waals surface area (Å²) in [5.74, 6) is 6.92. The summed E-state index contributed by atoms with van der Waals surface area (Å²) >= 11 is 0. The summed E-state index contributed by atoms with van der Waals surface area (Å²) in [6.45, 7) is 7.09. The number of amidine groups is 1. The highest BCUT2D eigenvalue weighted by atomic mass is 15.5. The molecular formula is C12H22N4. The topological polar surface area (TPSA) is 54.0 Å². The van der Waals surface area contributed by atoms with Gasteiger partial charge in [-0.1, -0.05) is 25.3 Å². The molecule has 4 heteroatoms. The molecule has 1 rings (SSSR count). The normalized spacial score (nSPS) is 18.2. The molecule has 0 unspecified atom stereocenters. The first kappa shape index (κ1) is 12.9. The van der Waals surface area contributed by atoms with E-state index in [0.717, 1.165) is 31.5 Å². The quantitative estimate of drug-likeness (QED) is 0.255. The highest BCUT2D eigenvalue weighted by molar-refractivity contribution is 5.82.